The molecule has 2 N–H and O–H groups in total. The first kappa shape index (κ1) is 20.9. The maximum atomic E-state index is 5.34. The molecular weight excluding hydrogens is 383 g/mol. The Kier molecular flexibility index (Phi) is 13.5. The largest absolute Gasteiger partial charge is 0.383 e. The van der Waals surface area contributed by atoms with E-state index in [0.29, 0.717) is 6.61 Å². The highest BCUT2D eigenvalue weighted by atomic mass is 127. The second-order valence-electron chi connectivity index (χ2n) is 5.16. The average molecular weight is 414 g/mol. The third kappa shape index (κ3) is 10.3. The molecule has 126 valence electrons. The number of unbranched alkanes of at least 4 members (excludes halogenated alkanes) is 1. The van der Waals surface area contributed by atoms with Crippen molar-refractivity contribution in [1.29, 1.82) is 0 Å². The molecule has 0 aromatic rings. The molecule has 0 aromatic carbocycles. The smallest absolute Gasteiger partial charge is 0.191 e. The lowest BCUT2D eigenvalue weighted by molar-refractivity contribution is 0.0372. The first-order valence-electron chi connectivity index (χ1n) is 7.52. The summed E-state index contributed by atoms with van der Waals surface area (Å²) in [6, 6.07) is 0.263. The van der Waals surface area contributed by atoms with Crippen LogP contribution in [-0.2, 0) is 9.47 Å². The molecule has 0 radical (unpaired) electrons. The van der Waals surface area contributed by atoms with Gasteiger partial charge in [0.25, 0.3) is 0 Å². The number of guanidine groups is 1. The Bertz CT molecular complexity index is 274. The van der Waals surface area contributed by atoms with Gasteiger partial charge < -0.3 is 20.1 Å². The monoisotopic (exact) mass is 414 g/mol. The van der Waals surface area contributed by atoms with Crippen molar-refractivity contribution in [2.24, 2.45) is 4.99 Å². The van der Waals surface area contributed by atoms with Crippen LogP contribution >= 0.6 is 24.0 Å². The topological polar surface area (TPSA) is 58.1 Å². The molecule has 1 aliphatic heterocycles. The second-order valence-corrected chi connectivity index (χ2v) is 5.16. The van der Waals surface area contributed by atoms with Crippen molar-refractivity contribution < 1.29 is 9.47 Å². The SMILES string of the molecule is CN=C(NCCCCN1CCOCC1)NC(C)COC.I. The summed E-state index contributed by atoms with van der Waals surface area (Å²) in [4.78, 5) is 6.68. The Morgan fingerprint density at radius 1 is 1.33 bits per heavy atom. The van der Waals surface area contributed by atoms with Crippen LogP contribution in [0.4, 0.5) is 0 Å². The third-order valence-corrected chi connectivity index (χ3v) is 3.32. The maximum Gasteiger partial charge on any atom is 0.191 e. The number of nitrogens with one attached hydrogen (secondary N) is 2. The Morgan fingerprint density at radius 2 is 2.05 bits per heavy atom. The zero-order valence-electron chi connectivity index (χ0n) is 13.6. The Morgan fingerprint density at radius 3 is 2.67 bits per heavy atom. The minimum absolute atomic E-state index is 0. The molecule has 0 amide bonds. The van der Waals surface area contributed by atoms with Crippen molar-refractivity contribution in [1.82, 2.24) is 15.5 Å². The number of nitrogens with zero attached hydrogens (tertiary/aromatic N) is 2. The number of aliphatic imine (C=N–C) groups is 1. The molecule has 1 saturated heterocycles. The summed E-state index contributed by atoms with van der Waals surface area (Å²) in [6.45, 7) is 8.78. The molecule has 1 heterocycles. The fraction of sp³-hybridized carbons (Fsp3) is 0.929. The quantitative estimate of drug-likeness (QED) is 0.268. The third-order valence-electron chi connectivity index (χ3n) is 3.32. The van der Waals surface area contributed by atoms with Gasteiger partial charge >= 0.3 is 0 Å². The van der Waals surface area contributed by atoms with Crippen LogP contribution in [0.2, 0.25) is 0 Å². The van der Waals surface area contributed by atoms with Crippen molar-refractivity contribution in [3.05, 3.63) is 0 Å². The molecule has 1 rings (SSSR count). The number of hydrogen-bond acceptors (Lipinski definition) is 4. The summed E-state index contributed by atoms with van der Waals surface area (Å²) in [6.07, 6.45) is 2.36. The van der Waals surface area contributed by atoms with Crippen molar-refractivity contribution in [3.63, 3.8) is 0 Å². The van der Waals surface area contributed by atoms with Crippen LogP contribution in [0.25, 0.3) is 0 Å². The lowest BCUT2D eigenvalue weighted by Crippen LogP contribution is -2.44. The van der Waals surface area contributed by atoms with Gasteiger partial charge in [0.2, 0.25) is 0 Å². The van der Waals surface area contributed by atoms with E-state index in [4.69, 9.17) is 9.47 Å². The molecule has 21 heavy (non-hydrogen) atoms. The molecule has 0 saturated carbocycles. The number of morpholine rings is 1. The predicted molar refractivity (Wildman–Crippen MR) is 97.7 cm³/mol. The van der Waals surface area contributed by atoms with Crippen molar-refractivity contribution in [2.45, 2.75) is 25.8 Å². The highest BCUT2D eigenvalue weighted by Crippen LogP contribution is 1.99. The molecule has 0 aliphatic carbocycles. The van der Waals surface area contributed by atoms with Crippen LogP contribution < -0.4 is 10.6 Å². The van der Waals surface area contributed by atoms with Crippen molar-refractivity contribution >= 4 is 29.9 Å². The molecule has 1 fully saturated rings. The van der Waals surface area contributed by atoms with Gasteiger partial charge in [0.1, 0.15) is 0 Å². The lowest BCUT2D eigenvalue weighted by atomic mass is 10.2. The summed E-state index contributed by atoms with van der Waals surface area (Å²) in [5.41, 5.74) is 0. The zero-order chi connectivity index (χ0) is 14.6. The Balaban J connectivity index is 0.00000400. The summed E-state index contributed by atoms with van der Waals surface area (Å²) in [5.74, 6) is 0.848. The molecule has 1 aliphatic rings. The Labute approximate surface area is 146 Å². The van der Waals surface area contributed by atoms with Gasteiger partial charge in [0.05, 0.1) is 19.8 Å². The Hall–Kier alpha value is -0.120. The highest BCUT2D eigenvalue weighted by Gasteiger charge is 2.09. The maximum absolute atomic E-state index is 5.34. The number of rotatable bonds is 8. The van der Waals surface area contributed by atoms with Gasteiger partial charge in [-0.15, -0.1) is 24.0 Å². The first-order valence-corrected chi connectivity index (χ1v) is 7.52. The molecule has 0 bridgehead atoms. The number of hydrogen-bond donors (Lipinski definition) is 2. The standard InChI is InChI=1S/C14H30N4O2.HI/c1-13(12-19-3)17-14(15-2)16-6-4-5-7-18-8-10-20-11-9-18;/h13H,4-12H2,1-3H3,(H2,15,16,17);1H. The molecule has 1 unspecified atom stereocenters. The normalized spacial score (nSPS) is 18.0. The van der Waals surface area contributed by atoms with Gasteiger partial charge in [-0.25, -0.2) is 0 Å². The van der Waals surface area contributed by atoms with Crippen LogP contribution in [-0.4, -0.2) is 77.1 Å². The highest BCUT2D eigenvalue weighted by molar-refractivity contribution is 14.0. The van der Waals surface area contributed by atoms with Gasteiger partial charge in [-0.1, -0.05) is 0 Å². The van der Waals surface area contributed by atoms with Crippen LogP contribution in [0.3, 0.4) is 0 Å². The molecule has 0 spiro atoms. The van der Waals surface area contributed by atoms with Gasteiger partial charge in [-0.2, -0.15) is 0 Å². The first-order chi connectivity index (χ1) is 9.76. The van der Waals surface area contributed by atoms with E-state index in [1.54, 1.807) is 14.2 Å². The zero-order valence-corrected chi connectivity index (χ0v) is 15.9. The van der Waals surface area contributed by atoms with E-state index in [1.807, 2.05) is 0 Å². The van der Waals surface area contributed by atoms with Gasteiger partial charge in [0.15, 0.2) is 5.96 Å². The van der Waals surface area contributed by atoms with Crippen LogP contribution in [0.1, 0.15) is 19.8 Å². The average Bonchev–Trinajstić information content (AvgIpc) is 2.47. The van der Waals surface area contributed by atoms with E-state index in [2.05, 4.69) is 27.4 Å². The van der Waals surface area contributed by atoms with Crippen LogP contribution in [0, 0.1) is 0 Å². The van der Waals surface area contributed by atoms with E-state index < -0.39 is 0 Å². The van der Waals surface area contributed by atoms with E-state index in [1.165, 1.54) is 6.42 Å². The van der Waals surface area contributed by atoms with Crippen LogP contribution in [0.5, 0.6) is 0 Å². The van der Waals surface area contributed by atoms with Crippen LogP contribution in [0.15, 0.2) is 4.99 Å². The minimum atomic E-state index is 0. The van der Waals surface area contributed by atoms with Gasteiger partial charge in [-0.3, -0.25) is 9.89 Å². The van der Waals surface area contributed by atoms with E-state index >= 15 is 0 Å². The summed E-state index contributed by atoms with van der Waals surface area (Å²) >= 11 is 0. The second kappa shape index (κ2) is 13.5. The molecule has 1 atom stereocenters. The van der Waals surface area contributed by atoms with E-state index in [9.17, 15) is 0 Å². The van der Waals surface area contributed by atoms with E-state index in [-0.39, 0.29) is 30.0 Å². The number of methoxy groups -OCH3 is 1. The molecule has 6 nitrogen and oxygen atoms in total. The van der Waals surface area contributed by atoms with Gasteiger partial charge in [0, 0.05) is 39.8 Å². The van der Waals surface area contributed by atoms with Crippen molar-refractivity contribution in [2.75, 3.05) is 60.2 Å². The predicted octanol–water partition coefficient (Wildman–Crippen LogP) is 0.917. The fourth-order valence-electron chi connectivity index (χ4n) is 2.21. The van der Waals surface area contributed by atoms with E-state index in [0.717, 1.165) is 51.8 Å². The van der Waals surface area contributed by atoms with Crippen molar-refractivity contribution in [3.8, 4) is 0 Å². The summed E-state index contributed by atoms with van der Waals surface area (Å²) in [5, 5.41) is 6.63. The fourth-order valence-corrected chi connectivity index (χ4v) is 2.21. The van der Waals surface area contributed by atoms with Gasteiger partial charge in [-0.05, 0) is 26.3 Å². The molecule has 0 aromatic heterocycles. The number of ether oxygens (including phenoxy) is 2. The number of halogens is 1. The minimum Gasteiger partial charge on any atom is -0.383 e. The summed E-state index contributed by atoms with van der Waals surface area (Å²) < 4.78 is 10.4. The summed E-state index contributed by atoms with van der Waals surface area (Å²) in [7, 11) is 3.50. The molecule has 7 heteroatoms. The lowest BCUT2D eigenvalue weighted by Gasteiger charge is -2.26. The molecular formula is C14H31IN4O2.